The molecule has 0 radical (unpaired) electrons. The summed E-state index contributed by atoms with van der Waals surface area (Å²) in [5.74, 6) is 1.12. The van der Waals surface area contributed by atoms with Crippen molar-refractivity contribution in [2.75, 3.05) is 20.2 Å². The van der Waals surface area contributed by atoms with Crippen molar-refractivity contribution < 1.29 is 14.6 Å². The van der Waals surface area contributed by atoms with Gasteiger partial charge in [-0.05, 0) is 43.4 Å². The largest absolute Gasteiger partial charge is 0.504 e. The normalized spacial score (nSPS) is 21.6. The number of ketones is 1. The van der Waals surface area contributed by atoms with Crippen LogP contribution in [0.25, 0.3) is 0 Å². The van der Waals surface area contributed by atoms with E-state index in [1.165, 1.54) is 24.3 Å². The summed E-state index contributed by atoms with van der Waals surface area (Å²) in [6.45, 7) is 3.72. The van der Waals surface area contributed by atoms with Crippen LogP contribution in [0, 0.1) is 12.8 Å². The first-order chi connectivity index (χ1) is 14.5. The fourth-order valence-corrected chi connectivity index (χ4v) is 4.49. The average molecular weight is 408 g/mol. The molecule has 1 fully saturated rings. The number of benzene rings is 2. The standard InChI is InChI=1S/C24H29N3O3/c1-15-6-3-4-7-16(15)10-17-11-21(28)19-12-22(29)23(30-2)13-20(19)26-24(17)27-9-5-8-18(25)14-27/h3-4,6-7,12-13,17-18,29H,5,8-11,14,25H2,1-2H3. The first kappa shape index (κ1) is 20.4. The van der Waals surface area contributed by atoms with E-state index in [9.17, 15) is 9.90 Å². The van der Waals surface area contributed by atoms with E-state index < -0.39 is 0 Å². The summed E-state index contributed by atoms with van der Waals surface area (Å²) in [5, 5.41) is 10.2. The lowest BCUT2D eigenvalue weighted by Gasteiger charge is -2.36. The van der Waals surface area contributed by atoms with Crippen LogP contribution >= 0.6 is 0 Å². The third-order valence-electron chi connectivity index (χ3n) is 6.14. The van der Waals surface area contributed by atoms with Gasteiger partial charge >= 0.3 is 0 Å². The molecule has 0 bridgehead atoms. The van der Waals surface area contributed by atoms with Gasteiger partial charge in [0.2, 0.25) is 0 Å². The molecule has 0 aromatic heterocycles. The molecule has 4 rings (SSSR count). The van der Waals surface area contributed by atoms with Crippen molar-refractivity contribution in [3.8, 4) is 11.5 Å². The highest BCUT2D eigenvalue weighted by molar-refractivity contribution is 6.07. The van der Waals surface area contributed by atoms with Gasteiger partial charge in [-0.3, -0.25) is 4.79 Å². The predicted molar refractivity (Wildman–Crippen MR) is 118 cm³/mol. The molecule has 2 aromatic carbocycles. The number of nitrogens with two attached hydrogens (primary N) is 1. The van der Waals surface area contributed by atoms with E-state index in [2.05, 4.69) is 24.0 Å². The number of hydrogen-bond acceptors (Lipinski definition) is 6. The highest BCUT2D eigenvalue weighted by Crippen LogP contribution is 2.38. The number of rotatable bonds is 3. The minimum absolute atomic E-state index is 0.0124. The Hall–Kier alpha value is -2.86. The maximum Gasteiger partial charge on any atom is 0.165 e. The van der Waals surface area contributed by atoms with Crippen molar-refractivity contribution in [3.05, 3.63) is 53.1 Å². The summed E-state index contributed by atoms with van der Waals surface area (Å²) in [6, 6.07) is 11.5. The number of ether oxygens (including phenoxy) is 1. The van der Waals surface area contributed by atoms with Crippen LogP contribution in [0.4, 0.5) is 5.69 Å². The lowest BCUT2D eigenvalue weighted by molar-refractivity contribution is 0.0971. The maximum atomic E-state index is 13.2. The number of amidine groups is 1. The molecular formula is C24H29N3O3. The Labute approximate surface area is 177 Å². The van der Waals surface area contributed by atoms with Crippen molar-refractivity contribution in [2.45, 2.75) is 38.6 Å². The Morgan fingerprint density at radius 2 is 2.10 bits per heavy atom. The Bertz CT molecular complexity index is 986. The molecule has 2 aliphatic rings. The van der Waals surface area contributed by atoms with Crippen molar-refractivity contribution in [3.63, 3.8) is 0 Å². The van der Waals surface area contributed by atoms with Gasteiger partial charge in [-0.25, -0.2) is 4.99 Å². The first-order valence-corrected chi connectivity index (χ1v) is 10.5. The van der Waals surface area contributed by atoms with E-state index in [1.807, 2.05) is 12.1 Å². The number of methoxy groups -OCH3 is 1. The number of aliphatic imine (C=N–C) groups is 1. The number of phenolic OH excluding ortho intramolecular Hbond substituents is 1. The first-order valence-electron chi connectivity index (χ1n) is 10.5. The van der Waals surface area contributed by atoms with Crippen LogP contribution in [0.1, 0.15) is 40.7 Å². The number of aryl methyl sites for hydroxylation is 1. The number of aromatic hydroxyl groups is 1. The minimum Gasteiger partial charge on any atom is -0.504 e. The van der Waals surface area contributed by atoms with Crippen LogP contribution in [0.2, 0.25) is 0 Å². The second kappa shape index (κ2) is 8.48. The van der Waals surface area contributed by atoms with Gasteiger partial charge in [-0.2, -0.15) is 0 Å². The molecule has 2 aliphatic heterocycles. The van der Waals surface area contributed by atoms with E-state index in [0.717, 1.165) is 38.2 Å². The molecule has 2 atom stereocenters. The summed E-state index contributed by atoms with van der Waals surface area (Å²) in [7, 11) is 1.50. The Morgan fingerprint density at radius 1 is 1.30 bits per heavy atom. The summed E-state index contributed by atoms with van der Waals surface area (Å²) in [6.07, 6.45) is 3.10. The molecule has 2 unspecified atom stereocenters. The number of fused-ring (bicyclic) bond motifs is 1. The number of carbonyl (C=O) groups is 1. The van der Waals surface area contributed by atoms with Gasteiger partial charge in [0.15, 0.2) is 17.3 Å². The molecule has 0 saturated carbocycles. The van der Waals surface area contributed by atoms with Crippen LogP contribution in [0.3, 0.4) is 0 Å². The minimum atomic E-state index is -0.0514. The van der Waals surface area contributed by atoms with Crippen molar-refractivity contribution in [1.82, 2.24) is 4.90 Å². The maximum absolute atomic E-state index is 13.2. The monoisotopic (exact) mass is 407 g/mol. The van der Waals surface area contributed by atoms with Crippen LogP contribution in [0.5, 0.6) is 11.5 Å². The lowest BCUT2D eigenvalue weighted by atomic mass is 9.89. The lowest BCUT2D eigenvalue weighted by Crippen LogP contribution is -2.48. The third-order valence-corrected chi connectivity index (χ3v) is 6.14. The second-order valence-electron chi connectivity index (χ2n) is 8.31. The average Bonchev–Trinajstić information content (AvgIpc) is 2.85. The van der Waals surface area contributed by atoms with Crippen LogP contribution in [-0.2, 0) is 6.42 Å². The molecule has 30 heavy (non-hydrogen) atoms. The van der Waals surface area contributed by atoms with E-state index in [1.54, 1.807) is 6.07 Å². The Kier molecular flexibility index (Phi) is 5.77. The second-order valence-corrected chi connectivity index (χ2v) is 8.31. The Balaban J connectivity index is 1.79. The number of nitrogens with zero attached hydrogens (tertiary/aromatic N) is 2. The van der Waals surface area contributed by atoms with Crippen LogP contribution in [0.15, 0.2) is 41.4 Å². The van der Waals surface area contributed by atoms with Crippen molar-refractivity contribution in [2.24, 2.45) is 16.6 Å². The highest BCUT2D eigenvalue weighted by atomic mass is 16.5. The summed E-state index contributed by atoms with van der Waals surface area (Å²) in [5.41, 5.74) is 9.69. The molecule has 0 aliphatic carbocycles. The topological polar surface area (TPSA) is 88.2 Å². The van der Waals surface area contributed by atoms with E-state index in [-0.39, 0.29) is 23.5 Å². The summed E-state index contributed by atoms with van der Waals surface area (Å²) >= 11 is 0. The zero-order valence-corrected chi connectivity index (χ0v) is 17.6. The van der Waals surface area contributed by atoms with E-state index >= 15 is 0 Å². The predicted octanol–water partition coefficient (Wildman–Crippen LogP) is 3.61. The summed E-state index contributed by atoms with van der Waals surface area (Å²) < 4.78 is 5.26. The highest BCUT2D eigenvalue weighted by Gasteiger charge is 2.32. The zero-order valence-electron chi connectivity index (χ0n) is 17.6. The molecule has 2 heterocycles. The van der Waals surface area contributed by atoms with Gasteiger partial charge in [-0.15, -0.1) is 0 Å². The van der Waals surface area contributed by atoms with E-state index in [4.69, 9.17) is 15.5 Å². The van der Waals surface area contributed by atoms with Gasteiger partial charge in [0.05, 0.1) is 12.8 Å². The van der Waals surface area contributed by atoms with Crippen LogP contribution < -0.4 is 10.5 Å². The van der Waals surface area contributed by atoms with Crippen LogP contribution in [-0.4, -0.2) is 47.9 Å². The summed E-state index contributed by atoms with van der Waals surface area (Å²) in [4.78, 5) is 20.4. The zero-order chi connectivity index (χ0) is 21.3. The molecule has 6 nitrogen and oxygen atoms in total. The SMILES string of the molecule is COc1cc2c(cc1O)C(=O)CC(Cc1ccccc1C)C(N1CCCC(N)C1)=N2. The molecular weight excluding hydrogens is 378 g/mol. The van der Waals surface area contributed by atoms with Gasteiger partial charge in [-0.1, -0.05) is 24.3 Å². The molecule has 0 amide bonds. The number of Topliss-reactive ketones (excluding diaryl/α,β-unsaturated/α-hetero) is 1. The fourth-order valence-electron chi connectivity index (χ4n) is 4.49. The quantitative estimate of drug-likeness (QED) is 0.812. The van der Waals surface area contributed by atoms with Gasteiger partial charge in [0.1, 0.15) is 5.84 Å². The van der Waals surface area contributed by atoms with Crippen molar-refractivity contribution >= 4 is 17.3 Å². The molecule has 158 valence electrons. The smallest absolute Gasteiger partial charge is 0.165 e. The third kappa shape index (κ3) is 4.05. The number of likely N-dealkylation sites (tertiary alicyclic amines) is 1. The molecule has 6 heteroatoms. The number of hydrogen-bond donors (Lipinski definition) is 2. The van der Waals surface area contributed by atoms with Gasteiger partial charge in [0, 0.05) is 43.1 Å². The fraction of sp³-hybridized carbons (Fsp3) is 0.417. The van der Waals surface area contributed by atoms with Gasteiger partial charge < -0.3 is 20.5 Å². The molecule has 1 saturated heterocycles. The van der Waals surface area contributed by atoms with Gasteiger partial charge in [0.25, 0.3) is 0 Å². The number of phenols is 1. The van der Waals surface area contributed by atoms with E-state index in [0.29, 0.717) is 23.4 Å². The van der Waals surface area contributed by atoms with Crippen molar-refractivity contribution in [1.29, 1.82) is 0 Å². The molecule has 3 N–H and O–H groups in total. The molecule has 0 spiro atoms. The number of piperidine rings is 1. The molecule has 2 aromatic rings. The Morgan fingerprint density at radius 3 is 2.83 bits per heavy atom. The number of carbonyl (C=O) groups excluding carboxylic acids is 1.